The molecule has 0 aliphatic heterocycles. The Kier molecular flexibility index (Phi) is 3.60. The average molecular weight is 284 g/mol. The quantitative estimate of drug-likeness (QED) is 0.795. The SMILES string of the molecule is CCc1nc(NCc2ccncc2C)c2ccsc2n1. The monoisotopic (exact) mass is 284 g/mol. The van der Waals surface area contributed by atoms with Gasteiger partial charge in [0, 0.05) is 25.4 Å². The van der Waals surface area contributed by atoms with Gasteiger partial charge in [-0.3, -0.25) is 4.98 Å². The fraction of sp³-hybridized carbons (Fsp3) is 0.267. The molecule has 0 radical (unpaired) electrons. The fourth-order valence-corrected chi connectivity index (χ4v) is 2.85. The van der Waals surface area contributed by atoms with Crippen molar-refractivity contribution in [3.05, 3.63) is 46.9 Å². The zero-order valence-corrected chi connectivity index (χ0v) is 12.4. The lowest BCUT2D eigenvalue weighted by Crippen LogP contribution is -2.05. The number of pyridine rings is 1. The topological polar surface area (TPSA) is 50.7 Å². The van der Waals surface area contributed by atoms with Crippen molar-refractivity contribution in [3.8, 4) is 0 Å². The Morgan fingerprint density at radius 1 is 1.25 bits per heavy atom. The van der Waals surface area contributed by atoms with Crippen molar-refractivity contribution in [1.82, 2.24) is 15.0 Å². The Balaban J connectivity index is 1.90. The number of hydrogen-bond acceptors (Lipinski definition) is 5. The molecule has 3 heterocycles. The number of hydrogen-bond donors (Lipinski definition) is 1. The molecule has 4 nitrogen and oxygen atoms in total. The predicted octanol–water partition coefficient (Wildman–Crippen LogP) is 3.57. The van der Waals surface area contributed by atoms with Crippen LogP contribution in [0.3, 0.4) is 0 Å². The zero-order chi connectivity index (χ0) is 13.9. The minimum absolute atomic E-state index is 0.749. The molecule has 0 saturated heterocycles. The van der Waals surface area contributed by atoms with Crippen LogP contribution in [0.5, 0.6) is 0 Å². The summed E-state index contributed by atoms with van der Waals surface area (Å²) in [6, 6.07) is 4.11. The first-order valence-corrected chi connectivity index (χ1v) is 7.53. The summed E-state index contributed by atoms with van der Waals surface area (Å²) in [6.07, 6.45) is 4.55. The number of rotatable bonds is 4. The van der Waals surface area contributed by atoms with Gasteiger partial charge < -0.3 is 5.32 Å². The Labute approximate surface area is 121 Å². The van der Waals surface area contributed by atoms with Crippen LogP contribution in [-0.2, 0) is 13.0 Å². The van der Waals surface area contributed by atoms with Gasteiger partial charge in [-0.15, -0.1) is 11.3 Å². The molecule has 1 N–H and O–H groups in total. The van der Waals surface area contributed by atoms with Gasteiger partial charge in [-0.05, 0) is 35.6 Å². The Morgan fingerprint density at radius 2 is 2.15 bits per heavy atom. The molecular weight excluding hydrogens is 268 g/mol. The molecule has 0 aliphatic carbocycles. The molecule has 0 aliphatic rings. The maximum absolute atomic E-state index is 4.61. The van der Waals surface area contributed by atoms with E-state index in [0.717, 1.165) is 34.8 Å². The maximum Gasteiger partial charge on any atom is 0.138 e. The summed E-state index contributed by atoms with van der Waals surface area (Å²) in [5, 5.41) is 6.59. The van der Waals surface area contributed by atoms with E-state index in [1.807, 2.05) is 18.5 Å². The fourth-order valence-electron chi connectivity index (χ4n) is 2.07. The van der Waals surface area contributed by atoms with Gasteiger partial charge in [-0.1, -0.05) is 6.92 Å². The lowest BCUT2D eigenvalue weighted by atomic mass is 10.1. The summed E-state index contributed by atoms with van der Waals surface area (Å²) in [7, 11) is 0. The second-order valence-electron chi connectivity index (χ2n) is 4.64. The molecule has 0 spiro atoms. The minimum Gasteiger partial charge on any atom is -0.365 e. The third-order valence-electron chi connectivity index (χ3n) is 3.27. The van der Waals surface area contributed by atoms with Crippen LogP contribution in [0.15, 0.2) is 29.9 Å². The molecule has 0 aromatic carbocycles. The van der Waals surface area contributed by atoms with Crippen molar-refractivity contribution in [2.45, 2.75) is 26.8 Å². The standard InChI is InChI=1S/C15H16N4S/c1-3-13-18-14(12-5-7-20-15(12)19-13)17-9-11-4-6-16-8-10(11)2/h4-8H,3,9H2,1-2H3,(H,17,18,19). The summed E-state index contributed by atoms with van der Waals surface area (Å²) < 4.78 is 0. The third-order valence-corrected chi connectivity index (χ3v) is 4.08. The van der Waals surface area contributed by atoms with Crippen molar-refractivity contribution in [3.63, 3.8) is 0 Å². The first-order chi connectivity index (χ1) is 9.78. The summed E-state index contributed by atoms with van der Waals surface area (Å²) in [5.74, 6) is 1.80. The van der Waals surface area contributed by atoms with Crippen LogP contribution in [0.2, 0.25) is 0 Å². The van der Waals surface area contributed by atoms with Gasteiger partial charge in [0.1, 0.15) is 16.5 Å². The largest absolute Gasteiger partial charge is 0.365 e. The number of thiophene rings is 1. The second-order valence-corrected chi connectivity index (χ2v) is 5.53. The van der Waals surface area contributed by atoms with Crippen LogP contribution in [0.4, 0.5) is 5.82 Å². The summed E-state index contributed by atoms with van der Waals surface area (Å²) in [4.78, 5) is 14.3. The molecule has 5 heteroatoms. The van der Waals surface area contributed by atoms with E-state index in [0.29, 0.717) is 0 Å². The Bertz CT molecular complexity index is 736. The van der Waals surface area contributed by atoms with Crippen LogP contribution in [0, 0.1) is 6.92 Å². The van der Waals surface area contributed by atoms with Gasteiger partial charge in [-0.2, -0.15) is 0 Å². The molecular formula is C15H16N4S. The van der Waals surface area contributed by atoms with E-state index in [2.05, 4.69) is 45.6 Å². The van der Waals surface area contributed by atoms with Crippen molar-refractivity contribution >= 4 is 27.4 Å². The van der Waals surface area contributed by atoms with Crippen LogP contribution in [-0.4, -0.2) is 15.0 Å². The Hall–Kier alpha value is -2.01. The summed E-state index contributed by atoms with van der Waals surface area (Å²) in [6.45, 7) is 4.90. The second kappa shape index (κ2) is 5.54. The first kappa shape index (κ1) is 13.0. The maximum atomic E-state index is 4.61. The third kappa shape index (κ3) is 2.49. The first-order valence-electron chi connectivity index (χ1n) is 6.65. The molecule has 0 bridgehead atoms. The average Bonchev–Trinajstić information content (AvgIpc) is 2.94. The van der Waals surface area contributed by atoms with Gasteiger partial charge in [0.05, 0.1) is 5.39 Å². The molecule has 0 unspecified atom stereocenters. The number of nitrogens with one attached hydrogen (secondary N) is 1. The molecule has 0 saturated carbocycles. The van der Waals surface area contributed by atoms with E-state index >= 15 is 0 Å². The number of anilines is 1. The molecule has 3 aromatic heterocycles. The van der Waals surface area contributed by atoms with Crippen LogP contribution >= 0.6 is 11.3 Å². The van der Waals surface area contributed by atoms with Crippen molar-refractivity contribution < 1.29 is 0 Å². The summed E-state index contributed by atoms with van der Waals surface area (Å²) in [5.41, 5.74) is 2.42. The Morgan fingerprint density at radius 3 is 2.95 bits per heavy atom. The summed E-state index contributed by atoms with van der Waals surface area (Å²) >= 11 is 1.65. The highest BCUT2D eigenvalue weighted by molar-refractivity contribution is 7.16. The number of nitrogens with zero attached hydrogens (tertiary/aromatic N) is 3. The van der Waals surface area contributed by atoms with E-state index in [1.54, 1.807) is 11.3 Å². The predicted molar refractivity (Wildman–Crippen MR) is 83.1 cm³/mol. The lowest BCUT2D eigenvalue weighted by Gasteiger charge is -2.10. The van der Waals surface area contributed by atoms with Crippen molar-refractivity contribution in [2.75, 3.05) is 5.32 Å². The molecule has 3 aromatic rings. The highest BCUT2D eigenvalue weighted by Crippen LogP contribution is 2.25. The molecule has 3 rings (SSSR count). The van der Waals surface area contributed by atoms with Gasteiger partial charge in [-0.25, -0.2) is 9.97 Å². The van der Waals surface area contributed by atoms with E-state index in [-0.39, 0.29) is 0 Å². The smallest absolute Gasteiger partial charge is 0.138 e. The van der Waals surface area contributed by atoms with Gasteiger partial charge >= 0.3 is 0 Å². The zero-order valence-electron chi connectivity index (χ0n) is 11.6. The minimum atomic E-state index is 0.749. The molecule has 102 valence electrons. The van der Waals surface area contributed by atoms with Crippen molar-refractivity contribution in [2.24, 2.45) is 0 Å². The highest BCUT2D eigenvalue weighted by atomic mass is 32.1. The normalized spacial score (nSPS) is 10.9. The van der Waals surface area contributed by atoms with E-state index < -0.39 is 0 Å². The van der Waals surface area contributed by atoms with Gasteiger partial charge in [0.15, 0.2) is 0 Å². The van der Waals surface area contributed by atoms with Crippen LogP contribution in [0.1, 0.15) is 23.9 Å². The highest BCUT2D eigenvalue weighted by Gasteiger charge is 2.08. The van der Waals surface area contributed by atoms with E-state index in [4.69, 9.17) is 0 Å². The lowest BCUT2D eigenvalue weighted by molar-refractivity contribution is 0.955. The van der Waals surface area contributed by atoms with E-state index in [9.17, 15) is 0 Å². The molecule has 0 atom stereocenters. The molecule has 0 fully saturated rings. The van der Waals surface area contributed by atoms with Gasteiger partial charge in [0.2, 0.25) is 0 Å². The van der Waals surface area contributed by atoms with Crippen molar-refractivity contribution in [1.29, 1.82) is 0 Å². The van der Waals surface area contributed by atoms with Gasteiger partial charge in [0.25, 0.3) is 0 Å². The van der Waals surface area contributed by atoms with Crippen LogP contribution in [0.25, 0.3) is 10.2 Å². The number of aryl methyl sites for hydroxylation is 2. The number of fused-ring (bicyclic) bond motifs is 1. The molecule has 0 amide bonds. The van der Waals surface area contributed by atoms with E-state index in [1.165, 1.54) is 11.1 Å². The van der Waals surface area contributed by atoms with Crippen LogP contribution < -0.4 is 5.32 Å². The molecule has 20 heavy (non-hydrogen) atoms. The number of aromatic nitrogens is 3.